The summed E-state index contributed by atoms with van der Waals surface area (Å²) >= 11 is 0. The molecule has 94 valence electrons. The topological polar surface area (TPSA) is 74.7 Å². The average Bonchev–Trinajstić information content (AvgIpc) is 2.39. The molecule has 0 aliphatic carbocycles. The van der Waals surface area contributed by atoms with Crippen LogP contribution in [0.25, 0.3) is 0 Å². The lowest BCUT2D eigenvalue weighted by Crippen LogP contribution is -2.50. The van der Waals surface area contributed by atoms with Crippen molar-refractivity contribution in [2.75, 3.05) is 6.54 Å². The van der Waals surface area contributed by atoms with Crippen LogP contribution in [0.15, 0.2) is 30.3 Å². The summed E-state index contributed by atoms with van der Waals surface area (Å²) in [6, 6.07) is 7.45. The molecule has 1 aliphatic heterocycles. The number of hydrogen-bond donors (Lipinski definition) is 1. The molecular formula is C13H13NO4. The van der Waals surface area contributed by atoms with Crippen molar-refractivity contribution < 1.29 is 19.5 Å². The van der Waals surface area contributed by atoms with Crippen molar-refractivity contribution in [2.24, 2.45) is 0 Å². The lowest BCUT2D eigenvalue weighted by Gasteiger charge is -2.32. The quantitative estimate of drug-likeness (QED) is 0.844. The molecule has 2 rings (SSSR count). The summed E-state index contributed by atoms with van der Waals surface area (Å²) in [5.74, 6) is -1.58. The highest BCUT2D eigenvalue weighted by Crippen LogP contribution is 2.18. The van der Waals surface area contributed by atoms with Crippen LogP contribution in [0.1, 0.15) is 23.2 Å². The number of aliphatic carboxylic acids is 1. The Labute approximate surface area is 104 Å². The molecule has 1 aliphatic rings. The molecular weight excluding hydrogens is 234 g/mol. The standard InChI is InChI=1S/C13H13NO4/c15-10-6-7-14(11(8-10)13(17)18)12(16)9-4-2-1-3-5-9/h1-5,11H,6-8H2,(H,17,18)/t11-/m0/s1. The number of carboxylic acids is 1. The van der Waals surface area contributed by atoms with Gasteiger partial charge in [-0.2, -0.15) is 0 Å². The summed E-state index contributed by atoms with van der Waals surface area (Å²) in [7, 11) is 0. The van der Waals surface area contributed by atoms with Crippen molar-refractivity contribution in [1.29, 1.82) is 0 Å². The Morgan fingerprint density at radius 1 is 1.22 bits per heavy atom. The molecule has 0 spiro atoms. The summed E-state index contributed by atoms with van der Waals surface area (Å²) < 4.78 is 0. The second-order valence-corrected chi connectivity index (χ2v) is 4.21. The number of carbonyl (C=O) groups excluding carboxylic acids is 2. The Kier molecular flexibility index (Phi) is 3.41. The minimum absolute atomic E-state index is 0.103. The van der Waals surface area contributed by atoms with E-state index in [9.17, 15) is 14.4 Å². The van der Waals surface area contributed by atoms with Gasteiger partial charge in [0.25, 0.3) is 5.91 Å². The predicted octanol–water partition coefficient (Wildman–Crippen LogP) is 0.945. The molecule has 0 unspecified atom stereocenters. The molecule has 18 heavy (non-hydrogen) atoms. The molecule has 5 nitrogen and oxygen atoms in total. The maximum absolute atomic E-state index is 12.2. The Hall–Kier alpha value is -2.17. The van der Waals surface area contributed by atoms with Crippen LogP contribution < -0.4 is 0 Å². The molecule has 0 bridgehead atoms. The number of nitrogens with zero attached hydrogens (tertiary/aromatic N) is 1. The van der Waals surface area contributed by atoms with Crippen LogP contribution in [0.4, 0.5) is 0 Å². The number of Topliss-reactive ketones (excluding diaryl/α,β-unsaturated/α-hetero) is 1. The van der Waals surface area contributed by atoms with E-state index in [4.69, 9.17) is 5.11 Å². The first-order chi connectivity index (χ1) is 8.59. The first-order valence-corrected chi connectivity index (χ1v) is 5.70. The molecule has 0 saturated carbocycles. The van der Waals surface area contributed by atoms with Gasteiger partial charge in [-0.25, -0.2) is 4.79 Å². The van der Waals surface area contributed by atoms with Crippen LogP contribution in [0.3, 0.4) is 0 Å². The second kappa shape index (κ2) is 5.00. The minimum Gasteiger partial charge on any atom is -0.480 e. The lowest BCUT2D eigenvalue weighted by molar-refractivity contribution is -0.146. The van der Waals surface area contributed by atoms with Gasteiger partial charge in [-0.05, 0) is 12.1 Å². The second-order valence-electron chi connectivity index (χ2n) is 4.21. The van der Waals surface area contributed by atoms with Gasteiger partial charge in [0.1, 0.15) is 11.8 Å². The third-order valence-corrected chi connectivity index (χ3v) is 3.00. The number of carbonyl (C=O) groups is 3. The van der Waals surface area contributed by atoms with Gasteiger partial charge in [0.15, 0.2) is 0 Å². The largest absolute Gasteiger partial charge is 0.480 e. The van der Waals surface area contributed by atoms with E-state index < -0.39 is 12.0 Å². The maximum atomic E-state index is 12.2. The SMILES string of the molecule is O=C1CCN(C(=O)c2ccccc2)[C@H](C(=O)O)C1. The van der Waals surface area contributed by atoms with Crippen LogP contribution >= 0.6 is 0 Å². The fraction of sp³-hybridized carbons (Fsp3) is 0.308. The smallest absolute Gasteiger partial charge is 0.326 e. The van der Waals surface area contributed by atoms with Gasteiger partial charge in [-0.1, -0.05) is 18.2 Å². The van der Waals surface area contributed by atoms with E-state index in [0.717, 1.165) is 0 Å². The highest BCUT2D eigenvalue weighted by Gasteiger charge is 2.35. The zero-order valence-corrected chi connectivity index (χ0v) is 9.70. The van der Waals surface area contributed by atoms with Crippen LogP contribution in [0, 0.1) is 0 Å². The molecule has 0 radical (unpaired) electrons. The third-order valence-electron chi connectivity index (χ3n) is 3.00. The normalized spacial score (nSPS) is 19.7. The fourth-order valence-electron chi connectivity index (χ4n) is 2.04. The monoisotopic (exact) mass is 247 g/mol. The number of amides is 1. The summed E-state index contributed by atoms with van der Waals surface area (Å²) in [4.78, 5) is 35.8. The molecule has 1 atom stereocenters. The molecule has 0 aromatic heterocycles. The first kappa shape index (κ1) is 12.3. The maximum Gasteiger partial charge on any atom is 0.326 e. The summed E-state index contributed by atoms with van der Waals surface area (Å²) in [5, 5.41) is 9.08. The molecule has 1 aromatic carbocycles. The molecule has 1 N–H and O–H groups in total. The van der Waals surface area contributed by atoms with Gasteiger partial charge in [0.05, 0.1) is 0 Å². The van der Waals surface area contributed by atoms with Gasteiger partial charge in [-0.3, -0.25) is 9.59 Å². The van der Waals surface area contributed by atoms with E-state index in [1.165, 1.54) is 4.90 Å². The number of piperidine rings is 1. The van der Waals surface area contributed by atoms with Gasteiger partial charge >= 0.3 is 5.97 Å². The van der Waals surface area contributed by atoms with Crippen molar-refractivity contribution in [3.05, 3.63) is 35.9 Å². The van der Waals surface area contributed by atoms with Gasteiger partial charge < -0.3 is 10.0 Å². The number of carboxylic acid groups (broad SMARTS) is 1. The van der Waals surface area contributed by atoms with Gasteiger partial charge in [-0.15, -0.1) is 0 Å². The minimum atomic E-state index is -1.13. The predicted molar refractivity (Wildman–Crippen MR) is 63.1 cm³/mol. The van der Waals surface area contributed by atoms with E-state index in [-0.39, 0.29) is 31.1 Å². The summed E-state index contributed by atoms with van der Waals surface area (Å²) in [5.41, 5.74) is 0.443. The molecule has 1 amide bonds. The highest BCUT2D eigenvalue weighted by atomic mass is 16.4. The van der Waals surface area contributed by atoms with Crippen LogP contribution in [0.5, 0.6) is 0 Å². The number of ketones is 1. The molecule has 5 heteroatoms. The number of hydrogen-bond acceptors (Lipinski definition) is 3. The van der Waals surface area contributed by atoms with Gasteiger partial charge in [0.2, 0.25) is 0 Å². The zero-order chi connectivity index (χ0) is 13.1. The molecule has 1 saturated heterocycles. The summed E-state index contributed by atoms with van der Waals surface area (Å²) in [6.45, 7) is 0.170. The van der Waals surface area contributed by atoms with Crippen molar-refractivity contribution >= 4 is 17.7 Å². The number of benzene rings is 1. The van der Waals surface area contributed by atoms with Crippen molar-refractivity contribution in [1.82, 2.24) is 4.90 Å². The zero-order valence-electron chi connectivity index (χ0n) is 9.70. The Morgan fingerprint density at radius 3 is 2.50 bits per heavy atom. The van der Waals surface area contributed by atoms with Crippen molar-refractivity contribution in [2.45, 2.75) is 18.9 Å². The first-order valence-electron chi connectivity index (χ1n) is 5.70. The third kappa shape index (κ3) is 2.40. The lowest BCUT2D eigenvalue weighted by atomic mass is 10.00. The Morgan fingerprint density at radius 2 is 1.89 bits per heavy atom. The van der Waals surface area contributed by atoms with E-state index in [2.05, 4.69) is 0 Å². The van der Waals surface area contributed by atoms with E-state index in [1.807, 2.05) is 0 Å². The van der Waals surface area contributed by atoms with Crippen LogP contribution in [0.2, 0.25) is 0 Å². The molecule has 1 fully saturated rings. The van der Waals surface area contributed by atoms with Crippen molar-refractivity contribution in [3.8, 4) is 0 Å². The Balaban J connectivity index is 2.23. The van der Waals surface area contributed by atoms with E-state index in [1.54, 1.807) is 30.3 Å². The fourth-order valence-corrected chi connectivity index (χ4v) is 2.04. The van der Waals surface area contributed by atoms with E-state index >= 15 is 0 Å². The highest BCUT2D eigenvalue weighted by molar-refractivity contribution is 5.99. The van der Waals surface area contributed by atoms with Crippen molar-refractivity contribution in [3.63, 3.8) is 0 Å². The summed E-state index contributed by atoms with van der Waals surface area (Å²) in [6.07, 6.45) is 0.121. The Bertz CT molecular complexity index is 483. The van der Waals surface area contributed by atoms with E-state index in [0.29, 0.717) is 5.56 Å². The molecule has 1 aromatic rings. The van der Waals surface area contributed by atoms with Crippen LogP contribution in [-0.2, 0) is 9.59 Å². The average molecular weight is 247 g/mol. The van der Waals surface area contributed by atoms with Crippen LogP contribution in [-0.4, -0.2) is 40.3 Å². The number of likely N-dealkylation sites (tertiary alicyclic amines) is 1. The van der Waals surface area contributed by atoms with Gasteiger partial charge in [0, 0.05) is 24.9 Å². The number of rotatable bonds is 2. The molecule has 1 heterocycles.